The fourth-order valence-electron chi connectivity index (χ4n) is 2.18. The average molecular weight is 235 g/mol. The van der Waals surface area contributed by atoms with Gasteiger partial charge in [-0.25, -0.2) is 0 Å². The smallest absolute Gasteiger partial charge is 0.0781 e. The molecule has 2 rings (SSSR count). The molecule has 94 valence electrons. The number of hydrogen-bond acceptors (Lipinski definition) is 3. The van der Waals surface area contributed by atoms with Gasteiger partial charge in [0.25, 0.3) is 0 Å². The van der Waals surface area contributed by atoms with E-state index in [0.717, 1.165) is 24.4 Å². The van der Waals surface area contributed by atoms with Gasteiger partial charge in [-0.2, -0.15) is 0 Å². The van der Waals surface area contributed by atoms with Crippen molar-refractivity contribution in [3.63, 3.8) is 0 Å². The van der Waals surface area contributed by atoms with E-state index in [4.69, 9.17) is 4.74 Å². The number of benzene rings is 1. The summed E-state index contributed by atoms with van der Waals surface area (Å²) in [7, 11) is 1.73. The number of para-hydroxylation sites is 1. The van der Waals surface area contributed by atoms with Crippen molar-refractivity contribution in [2.45, 2.75) is 31.9 Å². The summed E-state index contributed by atoms with van der Waals surface area (Å²) in [6.07, 6.45) is 2.07. The first-order chi connectivity index (χ1) is 8.24. The molecule has 0 amide bonds. The van der Waals surface area contributed by atoms with Gasteiger partial charge < -0.3 is 14.7 Å². The average Bonchev–Trinajstić information content (AvgIpc) is 3.14. The van der Waals surface area contributed by atoms with Gasteiger partial charge in [0.1, 0.15) is 0 Å². The van der Waals surface area contributed by atoms with E-state index in [1.54, 1.807) is 7.11 Å². The number of methoxy groups -OCH3 is 1. The third-order valence-corrected chi connectivity index (χ3v) is 3.22. The Morgan fingerprint density at radius 1 is 1.41 bits per heavy atom. The molecule has 1 aromatic carbocycles. The molecule has 1 saturated carbocycles. The molecule has 0 heterocycles. The third kappa shape index (κ3) is 2.99. The highest BCUT2D eigenvalue weighted by Crippen LogP contribution is 2.35. The van der Waals surface area contributed by atoms with Gasteiger partial charge in [0.15, 0.2) is 0 Å². The molecule has 3 nitrogen and oxygen atoms in total. The van der Waals surface area contributed by atoms with E-state index in [2.05, 4.69) is 11.0 Å². The number of ether oxygens (including phenoxy) is 1. The molecular formula is C14H21NO2. The lowest BCUT2D eigenvalue weighted by Gasteiger charge is -2.27. The fourth-order valence-corrected chi connectivity index (χ4v) is 2.18. The number of aliphatic hydroxyl groups is 1. The Bertz CT molecular complexity index is 361. The highest BCUT2D eigenvalue weighted by molar-refractivity contribution is 5.56. The van der Waals surface area contributed by atoms with Gasteiger partial charge in [-0.1, -0.05) is 18.2 Å². The minimum Gasteiger partial charge on any atom is -0.389 e. The molecule has 0 saturated heterocycles. The lowest BCUT2D eigenvalue weighted by atomic mass is 10.1. The monoisotopic (exact) mass is 235 g/mol. The largest absolute Gasteiger partial charge is 0.389 e. The molecule has 17 heavy (non-hydrogen) atoms. The maximum Gasteiger partial charge on any atom is 0.0781 e. The van der Waals surface area contributed by atoms with Crippen molar-refractivity contribution in [1.82, 2.24) is 0 Å². The van der Waals surface area contributed by atoms with Gasteiger partial charge in [-0.05, 0) is 25.8 Å². The molecule has 0 radical (unpaired) electrons. The Morgan fingerprint density at radius 2 is 2.12 bits per heavy atom. The molecular weight excluding hydrogens is 214 g/mol. The van der Waals surface area contributed by atoms with E-state index in [1.807, 2.05) is 25.1 Å². The number of nitrogens with zero attached hydrogens (tertiary/aromatic N) is 1. The Kier molecular flexibility index (Phi) is 4.02. The Hall–Kier alpha value is -1.06. The molecule has 0 aromatic heterocycles. The van der Waals surface area contributed by atoms with Crippen LogP contribution in [0.1, 0.15) is 31.4 Å². The van der Waals surface area contributed by atoms with E-state index in [1.165, 1.54) is 12.8 Å². The second-order valence-electron chi connectivity index (χ2n) is 4.65. The lowest BCUT2D eigenvalue weighted by Crippen LogP contribution is -2.30. The quantitative estimate of drug-likeness (QED) is 0.821. The van der Waals surface area contributed by atoms with Crippen LogP contribution in [0.25, 0.3) is 0 Å². The number of aliphatic hydroxyl groups excluding tert-OH is 1. The van der Waals surface area contributed by atoms with Crippen LogP contribution in [-0.4, -0.2) is 31.4 Å². The van der Waals surface area contributed by atoms with Crippen molar-refractivity contribution in [2.24, 2.45) is 0 Å². The van der Waals surface area contributed by atoms with Crippen LogP contribution in [0.15, 0.2) is 24.3 Å². The minimum atomic E-state index is -0.421. The van der Waals surface area contributed by atoms with Crippen LogP contribution >= 0.6 is 0 Å². The number of hydrogen-bond donors (Lipinski definition) is 1. The summed E-state index contributed by atoms with van der Waals surface area (Å²) in [5, 5.41) is 9.82. The van der Waals surface area contributed by atoms with E-state index in [-0.39, 0.29) is 0 Å². The maximum absolute atomic E-state index is 9.82. The molecule has 0 aliphatic heterocycles. The second kappa shape index (κ2) is 5.52. The van der Waals surface area contributed by atoms with E-state index < -0.39 is 6.10 Å². The van der Waals surface area contributed by atoms with Gasteiger partial charge in [0, 0.05) is 30.9 Å². The van der Waals surface area contributed by atoms with Crippen LogP contribution in [0.3, 0.4) is 0 Å². The highest BCUT2D eigenvalue weighted by atomic mass is 16.5. The van der Waals surface area contributed by atoms with Crippen LogP contribution in [0, 0.1) is 0 Å². The first kappa shape index (κ1) is 12.4. The van der Waals surface area contributed by atoms with Crippen molar-refractivity contribution in [3.8, 4) is 0 Å². The number of rotatable bonds is 6. The standard InChI is InChI=1S/C14H21NO2/c1-11(16)13-5-3-4-6-14(13)15(9-10-17-2)12-7-8-12/h3-6,11-12,16H,7-10H2,1-2H3. The van der Waals surface area contributed by atoms with E-state index >= 15 is 0 Å². The van der Waals surface area contributed by atoms with Gasteiger partial charge in [0.05, 0.1) is 12.7 Å². The van der Waals surface area contributed by atoms with Crippen molar-refractivity contribution in [1.29, 1.82) is 0 Å². The molecule has 3 heteroatoms. The Labute approximate surface area is 103 Å². The van der Waals surface area contributed by atoms with Gasteiger partial charge >= 0.3 is 0 Å². The van der Waals surface area contributed by atoms with Crippen molar-refractivity contribution in [2.75, 3.05) is 25.2 Å². The van der Waals surface area contributed by atoms with Crippen molar-refractivity contribution >= 4 is 5.69 Å². The summed E-state index contributed by atoms with van der Waals surface area (Å²) in [6.45, 7) is 3.44. The maximum atomic E-state index is 9.82. The molecule has 1 fully saturated rings. The molecule has 0 spiro atoms. The zero-order valence-corrected chi connectivity index (χ0v) is 10.6. The second-order valence-corrected chi connectivity index (χ2v) is 4.65. The first-order valence-corrected chi connectivity index (χ1v) is 6.26. The van der Waals surface area contributed by atoms with Gasteiger partial charge in [-0.3, -0.25) is 0 Å². The molecule has 1 aliphatic rings. The van der Waals surface area contributed by atoms with Crippen molar-refractivity contribution in [3.05, 3.63) is 29.8 Å². The summed E-state index contributed by atoms with van der Waals surface area (Å²) in [5.41, 5.74) is 2.16. The summed E-state index contributed by atoms with van der Waals surface area (Å²) >= 11 is 0. The first-order valence-electron chi connectivity index (χ1n) is 6.26. The van der Waals surface area contributed by atoms with Crippen LogP contribution in [0.2, 0.25) is 0 Å². The van der Waals surface area contributed by atoms with Gasteiger partial charge in [-0.15, -0.1) is 0 Å². The van der Waals surface area contributed by atoms with Crippen molar-refractivity contribution < 1.29 is 9.84 Å². The number of anilines is 1. The summed E-state index contributed by atoms with van der Waals surface area (Å²) in [5.74, 6) is 0. The van der Waals surface area contributed by atoms with Crippen LogP contribution in [0.4, 0.5) is 5.69 Å². The predicted octanol–water partition coefficient (Wildman–Crippen LogP) is 2.36. The normalized spacial score (nSPS) is 16.9. The molecule has 1 unspecified atom stereocenters. The Balaban J connectivity index is 2.22. The molecule has 1 aliphatic carbocycles. The lowest BCUT2D eigenvalue weighted by molar-refractivity contribution is 0.197. The molecule has 0 bridgehead atoms. The summed E-state index contributed by atoms with van der Waals surface area (Å²) in [6, 6.07) is 8.74. The molecule has 1 aromatic rings. The topological polar surface area (TPSA) is 32.7 Å². The Morgan fingerprint density at radius 3 is 2.71 bits per heavy atom. The molecule has 1 atom stereocenters. The summed E-state index contributed by atoms with van der Waals surface area (Å²) in [4.78, 5) is 2.37. The van der Waals surface area contributed by atoms with Crippen LogP contribution in [0.5, 0.6) is 0 Å². The minimum absolute atomic E-state index is 0.421. The SMILES string of the molecule is COCCN(c1ccccc1C(C)O)C1CC1. The van der Waals surface area contributed by atoms with Crippen LogP contribution < -0.4 is 4.90 Å². The zero-order chi connectivity index (χ0) is 12.3. The highest BCUT2D eigenvalue weighted by Gasteiger charge is 2.30. The zero-order valence-electron chi connectivity index (χ0n) is 10.6. The summed E-state index contributed by atoms with van der Waals surface area (Å²) < 4.78 is 5.17. The predicted molar refractivity (Wildman–Crippen MR) is 69.3 cm³/mol. The third-order valence-electron chi connectivity index (χ3n) is 3.22. The molecule has 1 N–H and O–H groups in total. The van der Waals surface area contributed by atoms with Crippen LogP contribution in [-0.2, 0) is 4.74 Å². The fraction of sp³-hybridized carbons (Fsp3) is 0.571. The van der Waals surface area contributed by atoms with E-state index in [0.29, 0.717) is 6.04 Å². The van der Waals surface area contributed by atoms with E-state index in [9.17, 15) is 5.11 Å². The van der Waals surface area contributed by atoms with Gasteiger partial charge in [0.2, 0.25) is 0 Å².